The number of hydrogen-bond donors (Lipinski definition) is 2. The van der Waals surface area contributed by atoms with Crippen LogP contribution in [-0.2, 0) is 22.6 Å². The summed E-state index contributed by atoms with van der Waals surface area (Å²) < 4.78 is 10.7. The van der Waals surface area contributed by atoms with Crippen molar-refractivity contribution in [3.8, 4) is 0 Å². The second kappa shape index (κ2) is 10.8. The fourth-order valence-electron chi connectivity index (χ4n) is 3.97. The highest BCUT2D eigenvalue weighted by molar-refractivity contribution is 5.79. The zero-order valence-corrected chi connectivity index (χ0v) is 17.5. The molecule has 0 spiro atoms. The van der Waals surface area contributed by atoms with Gasteiger partial charge in [0.1, 0.15) is 0 Å². The summed E-state index contributed by atoms with van der Waals surface area (Å²) in [4.78, 5) is 6.83. The van der Waals surface area contributed by atoms with E-state index in [0.29, 0.717) is 5.41 Å². The second-order valence-corrected chi connectivity index (χ2v) is 8.08. The Bertz CT molecular complexity index is 607. The van der Waals surface area contributed by atoms with Crippen LogP contribution in [0.1, 0.15) is 36.8 Å². The van der Waals surface area contributed by atoms with Crippen LogP contribution in [0.3, 0.4) is 0 Å². The Kier molecular flexibility index (Phi) is 8.13. The number of benzene rings is 1. The van der Waals surface area contributed by atoms with Crippen molar-refractivity contribution in [2.45, 2.75) is 38.8 Å². The predicted molar refractivity (Wildman–Crippen MR) is 114 cm³/mol. The molecule has 0 bridgehead atoms. The number of guanidine groups is 1. The molecule has 2 N–H and O–H groups in total. The number of morpholine rings is 1. The van der Waals surface area contributed by atoms with Gasteiger partial charge in [0.2, 0.25) is 0 Å². The van der Waals surface area contributed by atoms with Gasteiger partial charge in [0.15, 0.2) is 5.96 Å². The summed E-state index contributed by atoms with van der Waals surface area (Å²) in [5.41, 5.74) is 3.01. The molecule has 1 aromatic rings. The van der Waals surface area contributed by atoms with E-state index in [1.807, 2.05) is 7.05 Å². The van der Waals surface area contributed by atoms with Gasteiger partial charge in [0, 0.05) is 53.5 Å². The molecule has 1 aliphatic heterocycles. The molecule has 28 heavy (non-hydrogen) atoms. The van der Waals surface area contributed by atoms with Crippen LogP contribution >= 0.6 is 0 Å². The van der Waals surface area contributed by atoms with Crippen LogP contribution in [0, 0.1) is 5.41 Å². The van der Waals surface area contributed by atoms with Crippen LogP contribution in [-0.4, -0.2) is 64.5 Å². The first-order valence-corrected chi connectivity index (χ1v) is 10.5. The first-order valence-electron chi connectivity index (χ1n) is 10.5. The van der Waals surface area contributed by atoms with Gasteiger partial charge in [0.05, 0.1) is 13.2 Å². The third-order valence-corrected chi connectivity index (χ3v) is 6.10. The van der Waals surface area contributed by atoms with Crippen molar-refractivity contribution in [1.29, 1.82) is 0 Å². The lowest BCUT2D eigenvalue weighted by Crippen LogP contribution is -2.46. The molecule has 6 heteroatoms. The van der Waals surface area contributed by atoms with Crippen LogP contribution in [0.15, 0.2) is 29.3 Å². The van der Waals surface area contributed by atoms with Crippen molar-refractivity contribution in [1.82, 2.24) is 15.5 Å². The Morgan fingerprint density at radius 2 is 1.86 bits per heavy atom. The molecule has 1 heterocycles. The van der Waals surface area contributed by atoms with Crippen molar-refractivity contribution in [2.24, 2.45) is 10.4 Å². The minimum atomic E-state index is 0.384. The van der Waals surface area contributed by atoms with Crippen molar-refractivity contribution in [2.75, 3.05) is 53.6 Å². The molecule has 0 amide bonds. The standard InChI is InChI=1S/C22H36N4O2/c1-23-21(25-18-22(8-3-9-22)10-13-27-2)24-16-19-4-6-20(7-5-19)17-26-11-14-28-15-12-26/h4-7H,3,8-18H2,1-2H3,(H2,23,24,25). The maximum Gasteiger partial charge on any atom is 0.191 e. The Morgan fingerprint density at radius 3 is 2.46 bits per heavy atom. The number of hydrogen-bond acceptors (Lipinski definition) is 4. The number of aliphatic imine (C=N–C) groups is 1. The Balaban J connectivity index is 1.41. The molecule has 1 saturated heterocycles. The highest BCUT2D eigenvalue weighted by Crippen LogP contribution is 2.43. The third-order valence-electron chi connectivity index (χ3n) is 6.10. The largest absolute Gasteiger partial charge is 0.385 e. The van der Waals surface area contributed by atoms with E-state index >= 15 is 0 Å². The van der Waals surface area contributed by atoms with Gasteiger partial charge < -0.3 is 20.1 Å². The van der Waals surface area contributed by atoms with Crippen LogP contribution in [0.25, 0.3) is 0 Å². The van der Waals surface area contributed by atoms with Gasteiger partial charge in [0.25, 0.3) is 0 Å². The predicted octanol–water partition coefficient (Wildman–Crippen LogP) is 2.39. The summed E-state index contributed by atoms with van der Waals surface area (Å²) in [6.45, 7) is 7.33. The molecule has 6 nitrogen and oxygen atoms in total. The lowest BCUT2D eigenvalue weighted by atomic mass is 9.67. The molecule has 0 atom stereocenters. The summed E-state index contributed by atoms with van der Waals surface area (Å²) in [5, 5.41) is 6.97. The van der Waals surface area contributed by atoms with Gasteiger partial charge in [-0.1, -0.05) is 30.7 Å². The molecular weight excluding hydrogens is 352 g/mol. The van der Waals surface area contributed by atoms with Gasteiger partial charge in [-0.25, -0.2) is 0 Å². The fraction of sp³-hybridized carbons (Fsp3) is 0.682. The Morgan fingerprint density at radius 1 is 1.14 bits per heavy atom. The molecule has 0 aromatic heterocycles. The van der Waals surface area contributed by atoms with Crippen molar-refractivity contribution in [3.63, 3.8) is 0 Å². The maximum absolute atomic E-state index is 5.42. The van der Waals surface area contributed by atoms with E-state index in [4.69, 9.17) is 9.47 Å². The first kappa shape index (κ1) is 21.1. The zero-order valence-electron chi connectivity index (χ0n) is 17.5. The number of nitrogens with zero attached hydrogens (tertiary/aromatic N) is 2. The van der Waals surface area contributed by atoms with E-state index < -0.39 is 0 Å². The van der Waals surface area contributed by atoms with Gasteiger partial charge >= 0.3 is 0 Å². The SMILES string of the molecule is CN=C(NCc1ccc(CN2CCOCC2)cc1)NCC1(CCOC)CCC1. The minimum absolute atomic E-state index is 0.384. The van der Waals surface area contributed by atoms with E-state index in [9.17, 15) is 0 Å². The minimum Gasteiger partial charge on any atom is -0.385 e. The van der Waals surface area contributed by atoms with Gasteiger partial charge in [-0.05, 0) is 35.8 Å². The molecule has 1 aliphatic carbocycles. The molecule has 2 fully saturated rings. The first-order chi connectivity index (χ1) is 13.7. The normalized spacial score (nSPS) is 19.9. The highest BCUT2D eigenvalue weighted by Gasteiger charge is 2.36. The van der Waals surface area contributed by atoms with E-state index in [0.717, 1.165) is 64.9 Å². The summed E-state index contributed by atoms with van der Waals surface area (Å²) in [5.74, 6) is 0.876. The van der Waals surface area contributed by atoms with Gasteiger partial charge in [-0.2, -0.15) is 0 Å². The van der Waals surface area contributed by atoms with Crippen LogP contribution in [0.5, 0.6) is 0 Å². The van der Waals surface area contributed by atoms with Crippen molar-refractivity contribution >= 4 is 5.96 Å². The van der Waals surface area contributed by atoms with Crippen LogP contribution in [0.4, 0.5) is 0 Å². The van der Waals surface area contributed by atoms with Crippen LogP contribution < -0.4 is 10.6 Å². The number of rotatable bonds is 9. The summed E-state index contributed by atoms with van der Waals surface area (Å²) in [6, 6.07) is 8.89. The number of methoxy groups -OCH3 is 1. The van der Waals surface area contributed by atoms with Crippen molar-refractivity contribution in [3.05, 3.63) is 35.4 Å². The Hall–Kier alpha value is -1.63. The van der Waals surface area contributed by atoms with Gasteiger partial charge in [-0.15, -0.1) is 0 Å². The summed E-state index contributed by atoms with van der Waals surface area (Å²) in [7, 11) is 3.62. The number of ether oxygens (including phenoxy) is 2. The third kappa shape index (κ3) is 6.19. The second-order valence-electron chi connectivity index (χ2n) is 8.08. The smallest absolute Gasteiger partial charge is 0.191 e. The molecule has 1 saturated carbocycles. The molecule has 156 valence electrons. The topological polar surface area (TPSA) is 58.1 Å². The molecule has 0 unspecified atom stereocenters. The number of nitrogens with one attached hydrogen (secondary N) is 2. The molecule has 2 aliphatic rings. The summed E-state index contributed by atoms with van der Waals surface area (Å²) >= 11 is 0. The lowest BCUT2D eigenvalue weighted by molar-refractivity contribution is 0.0342. The quantitative estimate of drug-likeness (QED) is 0.503. The molecular formula is C22H36N4O2. The fourth-order valence-corrected chi connectivity index (χ4v) is 3.97. The van der Waals surface area contributed by atoms with E-state index in [2.05, 4.69) is 44.8 Å². The maximum atomic E-state index is 5.42. The zero-order chi connectivity index (χ0) is 19.7. The average Bonchev–Trinajstić information content (AvgIpc) is 2.71. The lowest BCUT2D eigenvalue weighted by Gasteiger charge is -2.42. The van der Waals surface area contributed by atoms with Gasteiger partial charge in [-0.3, -0.25) is 9.89 Å². The average molecular weight is 389 g/mol. The van der Waals surface area contributed by atoms with Crippen LogP contribution in [0.2, 0.25) is 0 Å². The summed E-state index contributed by atoms with van der Waals surface area (Å²) in [6.07, 6.45) is 5.02. The van der Waals surface area contributed by atoms with E-state index in [1.54, 1.807) is 7.11 Å². The highest BCUT2D eigenvalue weighted by atomic mass is 16.5. The monoisotopic (exact) mass is 388 g/mol. The molecule has 1 aromatic carbocycles. The molecule has 0 radical (unpaired) electrons. The Labute approximate surface area is 169 Å². The molecule has 3 rings (SSSR count). The van der Waals surface area contributed by atoms with E-state index in [-0.39, 0.29) is 0 Å². The van der Waals surface area contributed by atoms with E-state index in [1.165, 1.54) is 30.4 Å². The van der Waals surface area contributed by atoms with Crippen molar-refractivity contribution < 1.29 is 9.47 Å².